The third-order valence-electron chi connectivity index (χ3n) is 6.46. The lowest BCUT2D eigenvalue weighted by Crippen LogP contribution is -2.36. The molecule has 0 bridgehead atoms. The minimum Gasteiger partial charge on any atom is -0.490 e. The molecule has 0 radical (unpaired) electrons. The van der Waals surface area contributed by atoms with Gasteiger partial charge in [-0.15, -0.1) is 0 Å². The molecular weight excluding hydrogens is 618 g/mol. The van der Waals surface area contributed by atoms with Gasteiger partial charge in [-0.1, -0.05) is 49.2 Å². The van der Waals surface area contributed by atoms with Gasteiger partial charge in [-0.25, -0.2) is 4.79 Å². The molecule has 45 heavy (non-hydrogen) atoms. The molecule has 3 amide bonds. The first-order chi connectivity index (χ1) is 21.7. The Balaban J connectivity index is 1.42. The molecule has 1 heterocycles. The lowest BCUT2D eigenvalue weighted by molar-refractivity contribution is -0.127. The summed E-state index contributed by atoms with van der Waals surface area (Å²) in [4.78, 5) is 51.9. The van der Waals surface area contributed by atoms with Crippen molar-refractivity contribution in [2.75, 3.05) is 25.1 Å². The van der Waals surface area contributed by atoms with E-state index in [1.54, 1.807) is 30.3 Å². The number of nitrogens with zero attached hydrogens (tertiary/aromatic N) is 2. The van der Waals surface area contributed by atoms with Gasteiger partial charge in [0, 0.05) is 11.3 Å². The van der Waals surface area contributed by atoms with Gasteiger partial charge in [-0.05, 0) is 73.1 Å². The number of anilines is 1. The first-order valence-electron chi connectivity index (χ1n) is 14.1. The monoisotopic (exact) mass is 647 g/mol. The van der Waals surface area contributed by atoms with E-state index in [2.05, 4.69) is 11.4 Å². The zero-order valence-corrected chi connectivity index (χ0v) is 26.2. The molecule has 1 saturated heterocycles. The predicted molar refractivity (Wildman–Crippen MR) is 171 cm³/mol. The average molecular weight is 648 g/mol. The summed E-state index contributed by atoms with van der Waals surface area (Å²) in [6.07, 6.45) is 3.10. The molecule has 232 valence electrons. The number of carbonyl (C=O) groups excluding carboxylic acids is 4. The Labute approximate surface area is 269 Å². The summed E-state index contributed by atoms with van der Waals surface area (Å²) >= 11 is 6.86. The number of nitriles is 1. The smallest absolute Gasteiger partial charge is 0.339 e. The number of imide groups is 1. The van der Waals surface area contributed by atoms with Gasteiger partial charge in [0.05, 0.1) is 40.3 Å². The number of hydrogen-bond acceptors (Lipinski definition) is 9. The van der Waals surface area contributed by atoms with Crippen LogP contribution in [0.4, 0.5) is 10.5 Å². The lowest BCUT2D eigenvalue weighted by Gasteiger charge is -2.14. The van der Waals surface area contributed by atoms with E-state index in [0.717, 1.165) is 16.9 Å². The SMILES string of the molecule is CCCCOC(=O)c1cc(NC(=O)CN2C(=O)S/C(=C/c3ccc(OCc4ccccc4C#N)c(OCC)c3)C2=O)ccc1Cl. The van der Waals surface area contributed by atoms with Crippen LogP contribution in [0.3, 0.4) is 0 Å². The number of thioether (sulfide) groups is 1. The number of hydrogen-bond donors (Lipinski definition) is 1. The number of benzene rings is 3. The third-order valence-corrected chi connectivity index (χ3v) is 7.70. The zero-order valence-electron chi connectivity index (χ0n) is 24.6. The topological polar surface area (TPSA) is 135 Å². The van der Waals surface area contributed by atoms with Crippen LogP contribution in [0.2, 0.25) is 5.02 Å². The predicted octanol–water partition coefficient (Wildman–Crippen LogP) is 6.82. The number of rotatable bonds is 13. The van der Waals surface area contributed by atoms with E-state index < -0.39 is 29.6 Å². The van der Waals surface area contributed by atoms with Gasteiger partial charge < -0.3 is 19.5 Å². The zero-order chi connectivity index (χ0) is 32.3. The van der Waals surface area contributed by atoms with Crippen molar-refractivity contribution in [2.45, 2.75) is 33.3 Å². The number of esters is 1. The van der Waals surface area contributed by atoms with Crippen molar-refractivity contribution >= 4 is 58.1 Å². The molecule has 1 fully saturated rings. The van der Waals surface area contributed by atoms with E-state index in [-0.39, 0.29) is 34.4 Å². The van der Waals surface area contributed by atoms with Crippen molar-refractivity contribution in [1.29, 1.82) is 5.26 Å². The van der Waals surface area contributed by atoms with Gasteiger partial charge in [0.25, 0.3) is 11.1 Å². The molecule has 0 spiro atoms. The van der Waals surface area contributed by atoms with Crippen molar-refractivity contribution in [2.24, 2.45) is 0 Å². The Kier molecular flexibility index (Phi) is 11.6. The molecule has 4 rings (SSSR count). The van der Waals surface area contributed by atoms with Crippen LogP contribution in [0, 0.1) is 11.3 Å². The lowest BCUT2D eigenvalue weighted by atomic mass is 10.1. The second kappa shape index (κ2) is 15.8. The van der Waals surface area contributed by atoms with Crippen molar-refractivity contribution in [3.05, 3.63) is 92.8 Å². The Morgan fingerprint density at radius 2 is 1.84 bits per heavy atom. The highest BCUT2D eigenvalue weighted by Gasteiger charge is 2.36. The maximum atomic E-state index is 13.1. The largest absolute Gasteiger partial charge is 0.490 e. The maximum absolute atomic E-state index is 13.1. The Morgan fingerprint density at radius 1 is 1.04 bits per heavy atom. The van der Waals surface area contributed by atoms with E-state index in [4.69, 9.17) is 25.8 Å². The van der Waals surface area contributed by atoms with Crippen LogP contribution in [0.25, 0.3) is 6.08 Å². The quantitative estimate of drug-likeness (QED) is 0.120. The molecule has 0 unspecified atom stereocenters. The van der Waals surface area contributed by atoms with Gasteiger partial charge in [-0.2, -0.15) is 5.26 Å². The molecule has 0 aliphatic carbocycles. The van der Waals surface area contributed by atoms with Crippen LogP contribution in [0.5, 0.6) is 11.5 Å². The van der Waals surface area contributed by atoms with Crippen molar-refractivity contribution in [1.82, 2.24) is 4.90 Å². The van der Waals surface area contributed by atoms with Crippen LogP contribution in [-0.4, -0.2) is 47.7 Å². The van der Waals surface area contributed by atoms with Crippen LogP contribution in [0.1, 0.15) is 53.7 Å². The number of amides is 3. The molecule has 3 aromatic carbocycles. The summed E-state index contributed by atoms with van der Waals surface area (Å²) in [5.74, 6) is -0.994. The van der Waals surface area contributed by atoms with Gasteiger partial charge in [0.15, 0.2) is 11.5 Å². The molecular formula is C33H30ClN3O7S. The molecule has 0 aromatic heterocycles. The molecule has 1 N–H and O–H groups in total. The van der Waals surface area contributed by atoms with E-state index in [0.29, 0.717) is 47.4 Å². The Bertz CT molecular complexity index is 1680. The summed E-state index contributed by atoms with van der Waals surface area (Å²) in [5.41, 5.74) is 2.17. The van der Waals surface area contributed by atoms with Gasteiger partial charge >= 0.3 is 5.97 Å². The highest BCUT2D eigenvalue weighted by atomic mass is 35.5. The maximum Gasteiger partial charge on any atom is 0.339 e. The normalized spacial score (nSPS) is 13.5. The van der Waals surface area contributed by atoms with Crippen molar-refractivity contribution in [3.63, 3.8) is 0 Å². The van der Waals surface area contributed by atoms with Crippen LogP contribution in [0.15, 0.2) is 65.6 Å². The first kappa shape index (κ1) is 33.1. The number of unbranched alkanes of at least 4 members (excludes halogenated alkanes) is 1. The van der Waals surface area contributed by atoms with Crippen LogP contribution < -0.4 is 14.8 Å². The molecule has 0 atom stereocenters. The van der Waals surface area contributed by atoms with Gasteiger partial charge in [0.1, 0.15) is 13.2 Å². The van der Waals surface area contributed by atoms with E-state index in [1.807, 2.05) is 26.0 Å². The molecule has 10 nitrogen and oxygen atoms in total. The molecule has 0 saturated carbocycles. The number of nitrogens with one attached hydrogen (secondary N) is 1. The summed E-state index contributed by atoms with van der Waals surface area (Å²) < 4.78 is 16.9. The summed E-state index contributed by atoms with van der Waals surface area (Å²) in [6.45, 7) is 4.03. The highest BCUT2D eigenvalue weighted by molar-refractivity contribution is 8.18. The average Bonchev–Trinajstić information content (AvgIpc) is 3.29. The number of carbonyl (C=O) groups is 4. The summed E-state index contributed by atoms with van der Waals surface area (Å²) in [6, 6.07) is 18.7. The molecule has 3 aromatic rings. The van der Waals surface area contributed by atoms with Crippen LogP contribution >= 0.6 is 23.4 Å². The molecule has 1 aliphatic rings. The van der Waals surface area contributed by atoms with Crippen molar-refractivity contribution in [3.8, 4) is 17.6 Å². The fourth-order valence-electron chi connectivity index (χ4n) is 4.19. The summed E-state index contributed by atoms with van der Waals surface area (Å²) in [5, 5.41) is 11.5. The Hall–Kier alpha value is -4.79. The van der Waals surface area contributed by atoms with Crippen molar-refractivity contribution < 1.29 is 33.4 Å². The number of ether oxygens (including phenoxy) is 3. The second-order valence-electron chi connectivity index (χ2n) is 9.70. The molecule has 12 heteroatoms. The second-order valence-corrected chi connectivity index (χ2v) is 11.1. The van der Waals surface area contributed by atoms with E-state index >= 15 is 0 Å². The third kappa shape index (κ3) is 8.65. The highest BCUT2D eigenvalue weighted by Crippen LogP contribution is 2.35. The minimum atomic E-state index is -0.635. The van der Waals surface area contributed by atoms with Gasteiger partial charge in [0.2, 0.25) is 5.91 Å². The number of halogens is 1. The fraction of sp³-hybridized carbons (Fsp3) is 0.242. The van der Waals surface area contributed by atoms with Gasteiger partial charge in [-0.3, -0.25) is 19.3 Å². The first-order valence-corrected chi connectivity index (χ1v) is 15.3. The fourth-order valence-corrected chi connectivity index (χ4v) is 5.22. The molecule has 1 aliphatic heterocycles. The summed E-state index contributed by atoms with van der Waals surface area (Å²) in [7, 11) is 0. The van der Waals surface area contributed by atoms with Crippen LogP contribution in [-0.2, 0) is 20.9 Å². The van der Waals surface area contributed by atoms with E-state index in [1.165, 1.54) is 24.3 Å². The Morgan fingerprint density at radius 3 is 2.60 bits per heavy atom. The minimum absolute atomic E-state index is 0.0921. The van der Waals surface area contributed by atoms with E-state index in [9.17, 15) is 24.4 Å². The standard InChI is InChI=1S/C33H30ClN3O7S/c1-3-5-14-43-32(40)25-17-24(11-12-26(25)34)36-30(38)19-37-31(39)29(45-33(37)41)16-21-10-13-27(28(15-21)42-4-2)44-20-23-9-7-6-8-22(23)18-35/h6-13,15-17H,3-5,14,19-20H2,1-2H3,(H,36,38)/b29-16+.